The van der Waals surface area contributed by atoms with Crippen LogP contribution in [0.1, 0.15) is 0 Å². The summed E-state index contributed by atoms with van der Waals surface area (Å²) < 4.78 is 5.58. The van der Waals surface area contributed by atoms with Gasteiger partial charge >= 0.3 is 0 Å². The molecule has 2 N–H and O–H groups in total. The first-order valence-electron chi connectivity index (χ1n) is 7.81. The van der Waals surface area contributed by atoms with Crippen molar-refractivity contribution in [2.45, 2.75) is 0 Å². The summed E-state index contributed by atoms with van der Waals surface area (Å²) in [5, 5.41) is 8.97. The molecule has 1 aromatic carbocycles. The number of aromatic amines is 1. The zero-order chi connectivity index (χ0) is 17.1. The van der Waals surface area contributed by atoms with Crippen LogP contribution >= 0.6 is 0 Å². The fraction of sp³-hybridized carbons (Fsp3) is 0.111. The molecular weight excluding hydrogens is 318 g/mol. The first-order chi connectivity index (χ1) is 12.3. The van der Waals surface area contributed by atoms with E-state index in [0.29, 0.717) is 23.1 Å². The molecule has 0 bridgehead atoms. The maximum Gasteiger partial charge on any atom is 0.178 e. The van der Waals surface area contributed by atoms with Crippen LogP contribution in [0.3, 0.4) is 0 Å². The molecule has 0 fully saturated rings. The molecule has 7 nitrogen and oxygen atoms in total. The molecule has 7 heteroatoms. The summed E-state index contributed by atoms with van der Waals surface area (Å²) in [7, 11) is 0. The van der Waals surface area contributed by atoms with Gasteiger partial charge in [0.05, 0.1) is 29.4 Å². The van der Waals surface area contributed by atoms with Crippen LogP contribution in [-0.4, -0.2) is 43.2 Å². The van der Waals surface area contributed by atoms with Gasteiger partial charge in [0.25, 0.3) is 0 Å². The lowest BCUT2D eigenvalue weighted by Gasteiger charge is -2.08. The van der Waals surface area contributed by atoms with Crippen molar-refractivity contribution >= 4 is 11.0 Å². The standard InChI is InChI=1S/C18H15N5O2/c24-8-9-25-16-5-2-1-4-12(16)17-22-13-10-14(21-11-15(13)23-17)18-19-6-3-7-20-18/h1-7,10-11,24H,8-9H2,(H,22,23). The van der Waals surface area contributed by atoms with Gasteiger partial charge in [-0.3, -0.25) is 4.98 Å². The van der Waals surface area contributed by atoms with E-state index in [1.54, 1.807) is 24.7 Å². The molecule has 25 heavy (non-hydrogen) atoms. The molecule has 0 unspecified atom stereocenters. The molecule has 0 aliphatic rings. The Labute approximate surface area is 143 Å². The lowest BCUT2D eigenvalue weighted by molar-refractivity contribution is 0.202. The van der Waals surface area contributed by atoms with Crippen molar-refractivity contribution in [1.29, 1.82) is 0 Å². The number of aliphatic hydroxyl groups is 1. The van der Waals surface area contributed by atoms with Gasteiger partial charge in [0.2, 0.25) is 0 Å². The first kappa shape index (κ1) is 15.2. The number of aliphatic hydroxyl groups excluding tert-OH is 1. The number of aromatic nitrogens is 5. The second-order valence-electron chi connectivity index (χ2n) is 5.31. The highest BCUT2D eigenvalue weighted by Gasteiger charge is 2.12. The molecule has 4 rings (SSSR count). The topological polar surface area (TPSA) is 96.8 Å². The van der Waals surface area contributed by atoms with Crippen LogP contribution in [0, 0.1) is 0 Å². The minimum atomic E-state index is -0.0428. The highest BCUT2D eigenvalue weighted by atomic mass is 16.5. The van der Waals surface area contributed by atoms with E-state index in [9.17, 15) is 0 Å². The van der Waals surface area contributed by atoms with Crippen LogP contribution in [0.15, 0.2) is 55.0 Å². The summed E-state index contributed by atoms with van der Waals surface area (Å²) in [4.78, 5) is 20.7. The Kier molecular flexibility index (Phi) is 4.05. The fourth-order valence-electron chi connectivity index (χ4n) is 2.53. The van der Waals surface area contributed by atoms with Gasteiger partial charge in [0, 0.05) is 12.4 Å². The monoisotopic (exact) mass is 333 g/mol. The minimum Gasteiger partial charge on any atom is -0.490 e. The van der Waals surface area contributed by atoms with Crippen molar-refractivity contribution in [2.24, 2.45) is 0 Å². The van der Waals surface area contributed by atoms with Crippen LogP contribution < -0.4 is 4.74 Å². The summed E-state index contributed by atoms with van der Waals surface area (Å²) in [6, 6.07) is 11.2. The third kappa shape index (κ3) is 3.05. The SMILES string of the molecule is OCCOc1ccccc1-c1nc2cc(-c3ncccn3)ncc2[nH]1. The Balaban J connectivity index is 1.75. The third-order valence-corrected chi connectivity index (χ3v) is 3.65. The molecule has 124 valence electrons. The Morgan fingerprint density at radius 3 is 2.72 bits per heavy atom. The number of hydrogen-bond acceptors (Lipinski definition) is 6. The van der Waals surface area contributed by atoms with Gasteiger partial charge in [0.1, 0.15) is 23.9 Å². The van der Waals surface area contributed by atoms with Crippen LogP contribution in [0.5, 0.6) is 5.75 Å². The summed E-state index contributed by atoms with van der Waals surface area (Å²) in [5.41, 5.74) is 3.07. The largest absolute Gasteiger partial charge is 0.490 e. The Morgan fingerprint density at radius 2 is 1.88 bits per heavy atom. The number of ether oxygens (including phenoxy) is 1. The zero-order valence-corrected chi connectivity index (χ0v) is 13.3. The normalized spacial score (nSPS) is 10.9. The van der Waals surface area contributed by atoms with Crippen LogP contribution in [-0.2, 0) is 0 Å². The molecule has 3 aromatic heterocycles. The highest BCUT2D eigenvalue weighted by Crippen LogP contribution is 2.29. The Hall–Kier alpha value is -3.32. The molecule has 0 aliphatic carbocycles. The molecule has 0 saturated heterocycles. The highest BCUT2D eigenvalue weighted by molar-refractivity contribution is 5.82. The first-order valence-corrected chi connectivity index (χ1v) is 7.81. The van der Waals surface area contributed by atoms with E-state index in [2.05, 4.69) is 24.9 Å². The van der Waals surface area contributed by atoms with Gasteiger partial charge in [-0.2, -0.15) is 0 Å². The van der Waals surface area contributed by atoms with Gasteiger partial charge in [-0.05, 0) is 24.3 Å². The van der Waals surface area contributed by atoms with E-state index in [4.69, 9.17) is 9.84 Å². The smallest absolute Gasteiger partial charge is 0.178 e. The van der Waals surface area contributed by atoms with E-state index in [0.717, 1.165) is 16.6 Å². The molecule has 0 radical (unpaired) electrons. The second-order valence-corrected chi connectivity index (χ2v) is 5.31. The quantitative estimate of drug-likeness (QED) is 0.582. The molecule has 0 spiro atoms. The molecule has 0 atom stereocenters. The van der Waals surface area contributed by atoms with E-state index in [1.165, 1.54) is 0 Å². The van der Waals surface area contributed by atoms with Crippen molar-refractivity contribution in [3.63, 3.8) is 0 Å². The van der Waals surface area contributed by atoms with Crippen LogP contribution in [0.2, 0.25) is 0 Å². The van der Waals surface area contributed by atoms with Gasteiger partial charge < -0.3 is 14.8 Å². The number of H-pyrrole nitrogens is 1. The summed E-state index contributed by atoms with van der Waals surface area (Å²) in [5.74, 6) is 1.90. The fourth-order valence-corrected chi connectivity index (χ4v) is 2.53. The number of rotatable bonds is 5. The average molecular weight is 333 g/mol. The second kappa shape index (κ2) is 6.66. The lowest BCUT2D eigenvalue weighted by atomic mass is 10.2. The predicted octanol–water partition coefficient (Wildman–Crippen LogP) is 2.45. The maximum absolute atomic E-state index is 8.97. The van der Waals surface area contributed by atoms with E-state index in [-0.39, 0.29) is 13.2 Å². The van der Waals surface area contributed by atoms with E-state index < -0.39 is 0 Å². The lowest BCUT2D eigenvalue weighted by Crippen LogP contribution is -2.02. The number of nitrogens with one attached hydrogen (secondary N) is 1. The van der Waals surface area contributed by atoms with E-state index >= 15 is 0 Å². The van der Waals surface area contributed by atoms with Gasteiger partial charge in [-0.1, -0.05) is 12.1 Å². The maximum atomic E-state index is 8.97. The number of pyridine rings is 1. The average Bonchev–Trinajstić information content (AvgIpc) is 3.10. The van der Waals surface area contributed by atoms with Gasteiger partial charge in [0.15, 0.2) is 5.82 Å². The van der Waals surface area contributed by atoms with E-state index in [1.807, 2.05) is 30.3 Å². The van der Waals surface area contributed by atoms with Crippen LogP contribution in [0.4, 0.5) is 0 Å². The Morgan fingerprint density at radius 1 is 1.04 bits per heavy atom. The van der Waals surface area contributed by atoms with Gasteiger partial charge in [-0.25, -0.2) is 15.0 Å². The number of fused-ring (bicyclic) bond motifs is 1. The number of imidazole rings is 1. The molecule has 0 aliphatic heterocycles. The third-order valence-electron chi connectivity index (χ3n) is 3.65. The van der Waals surface area contributed by atoms with Crippen molar-refractivity contribution < 1.29 is 9.84 Å². The minimum absolute atomic E-state index is 0.0428. The number of hydrogen-bond donors (Lipinski definition) is 2. The summed E-state index contributed by atoms with van der Waals surface area (Å²) in [6.45, 7) is 0.188. The molecule has 4 aromatic rings. The van der Waals surface area contributed by atoms with Crippen LogP contribution in [0.25, 0.3) is 33.9 Å². The predicted molar refractivity (Wildman–Crippen MR) is 92.9 cm³/mol. The number of nitrogens with zero attached hydrogens (tertiary/aromatic N) is 4. The molecular formula is C18H15N5O2. The molecule has 0 saturated carbocycles. The molecule has 0 amide bonds. The van der Waals surface area contributed by atoms with Gasteiger partial charge in [-0.15, -0.1) is 0 Å². The number of para-hydroxylation sites is 1. The van der Waals surface area contributed by atoms with Crippen molar-refractivity contribution in [1.82, 2.24) is 24.9 Å². The Bertz CT molecular complexity index is 1000. The summed E-state index contributed by atoms with van der Waals surface area (Å²) in [6.07, 6.45) is 5.08. The molecule has 3 heterocycles. The number of benzene rings is 1. The van der Waals surface area contributed by atoms with Crippen molar-refractivity contribution in [3.8, 4) is 28.7 Å². The van der Waals surface area contributed by atoms with Crippen molar-refractivity contribution in [3.05, 3.63) is 55.0 Å². The zero-order valence-electron chi connectivity index (χ0n) is 13.3. The summed E-state index contributed by atoms with van der Waals surface area (Å²) >= 11 is 0. The van der Waals surface area contributed by atoms with Crippen molar-refractivity contribution in [2.75, 3.05) is 13.2 Å².